The van der Waals surface area contributed by atoms with Crippen molar-refractivity contribution in [3.05, 3.63) is 191 Å². The van der Waals surface area contributed by atoms with E-state index in [0.717, 1.165) is 56.1 Å². The summed E-state index contributed by atoms with van der Waals surface area (Å²) >= 11 is 0. The minimum atomic E-state index is -0.902. The largest absolute Gasteiger partial charge is 0.378 e. The van der Waals surface area contributed by atoms with Gasteiger partial charge in [0.25, 0.3) is 0 Å². The molecule has 0 aliphatic carbocycles. The maximum Gasteiger partial charge on any atom is 0.151 e. The predicted octanol–water partition coefficient (Wildman–Crippen LogP) is 9.63. The van der Waals surface area contributed by atoms with Gasteiger partial charge in [0, 0.05) is 79.1 Å². The summed E-state index contributed by atoms with van der Waals surface area (Å²) in [6.07, 6.45) is 0. The Morgan fingerprint density at radius 1 is 0.300 bits per heavy atom. The zero-order valence-corrected chi connectivity index (χ0v) is 35.7. The Morgan fingerprint density at radius 2 is 0.483 bits per heavy atom. The smallest absolute Gasteiger partial charge is 0.151 e. The zero-order chi connectivity index (χ0) is 43.5. The molecule has 8 nitrogen and oxygen atoms in total. The van der Waals surface area contributed by atoms with Gasteiger partial charge in [-0.05, 0) is 81.9 Å². The molecule has 6 rings (SSSR count). The molecule has 60 heavy (non-hydrogen) atoms. The molecule has 0 bridgehead atoms. The van der Waals surface area contributed by atoms with Crippen LogP contribution in [-0.4, -0.2) is 56.4 Å². The second-order valence-corrected chi connectivity index (χ2v) is 15.5. The van der Waals surface area contributed by atoms with E-state index in [1.165, 1.54) is 0 Å². The van der Waals surface area contributed by atoms with Gasteiger partial charge in [-0.2, -0.15) is 21.0 Å². The quantitative estimate of drug-likeness (QED) is 0.113. The van der Waals surface area contributed by atoms with E-state index in [1.807, 2.05) is 234 Å². The molecule has 0 amide bonds. The van der Waals surface area contributed by atoms with E-state index < -0.39 is 22.7 Å². The van der Waals surface area contributed by atoms with Crippen LogP contribution in [0.15, 0.2) is 158 Å². The summed E-state index contributed by atoms with van der Waals surface area (Å²) in [6, 6.07) is 61.4. The Hall–Kier alpha value is -7.52. The molecule has 0 aliphatic heterocycles. The Kier molecular flexibility index (Phi) is 14.0. The molecule has 6 aromatic carbocycles. The SMILES string of the molecule is CN(C)c1ccc(C(c2ccccc2)(c2ccc(N(C)C)cc2)C(C#N)C#N)cc1.CN(C)c1ccc(C(c2ccccc2)(c2ccc(N(C)C)cc2)C(C#N)C#N)cc1. The molecule has 0 radical (unpaired) electrons. The normalized spacial score (nSPS) is 10.9. The van der Waals surface area contributed by atoms with Crippen LogP contribution >= 0.6 is 0 Å². The molecule has 0 saturated carbocycles. The Labute approximate surface area is 356 Å². The van der Waals surface area contributed by atoms with Gasteiger partial charge in [-0.15, -0.1) is 0 Å². The third kappa shape index (κ3) is 8.51. The van der Waals surface area contributed by atoms with Crippen molar-refractivity contribution in [2.75, 3.05) is 76.0 Å². The highest BCUT2D eigenvalue weighted by atomic mass is 15.1. The van der Waals surface area contributed by atoms with Crippen molar-refractivity contribution in [1.29, 1.82) is 21.0 Å². The fraction of sp³-hybridized carbons (Fsp3) is 0.231. The van der Waals surface area contributed by atoms with Crippen LogP contribution in [0.2, 0.25) is 0 Å². The van der Waals surface area contributed by atoms with Gasteiger partial charge in [-0.25, -0.2) is 0 Å². The van der Waals surface area contributed by atoms with Gasteiger partial charge in [0.2, 0.25) is 0 Å². The Balaban J connectivity index is 0.000000228. The first-order valence-electron chi connectivity index (χ1n) is 19.7. The van der Waals surface area contributed by atoms with Crippen molar-refractivity contribution in [2.24, 2.45) is 11.8 Å². The molecule has 0 atom stereocenters. The van der Waals surface area contributed by atoms with Gasteiger partial charge in [-0.1, -0.05) is 109 Å². The van der Waals surface area contributed by atoms with E-state index >= 15 is 0 Å². The summed E-state index contributed by atoms with van der Waals surface area (Å²) in [6.45, 7) is 0. The number of hydrogen-bond acceptors (Lipinski definition) is 8. The van der Waals surface area contributed by atoms with E-state index in [0.29, 0.717) is 0 Å². The van der Waals surface area contributed by atoms with Crippen molar-refractivity contribution in [3.8, 4) is 24.3 Å². The first-order valence-corrected chi connectivity index (χ1v) is 19.7. The molecular weight excluding hydrogens is 737 g/mol. The summed E-state index contributed by atoms with van der Waals surface area (Å²) in [7, 11) is 15.9. The monoisotopic (exact) mass is 788 g/mol. The lowest BCUT2D eigenvalue weighted by molar-refractivity contribution is 0.542. The van der Waals surface area contributed by atoms with Gasteiger partial charge in [0.15, 0.2) is 11.8 Å². The summed E-state index contributed by atoms with van der Waals surface area (Å²) in [5, 5.41) is 40.2. The molecule has 0 aromatic heterocycles. The topological polar surface area (TPSA) is 108 Å². The Morgan fingerprint density at radius 3 is 0.650 bits per heavy atom. The van der Waals surface area contributed by atoms with Crippen molar-refractivity contribution < 1.29 is 0 Å². The predicted molar refractivity (Wildman–Crippen MR) is 245 cm³/mol. The lowest BCUT2D eigenvalue weighted by Gasteiger charge is -2.37. The van der Waals surface area contributed by atoms with E-state index in [1.54, 1.807) is 0 Å². The average molecular weight is 789 g/mol. The molecule has 0 heterocycles. The number of nitriles is 4. The fourth-order valence-electron chi connectivity index (χ4n) is 7.94. The number of hydrogen-bond donors (Lipinski definition) is 0. The van der Waals surface area contributed by atoms with E-state index in [4.69, 9.17) is 0 Å². The third-order valence-corrected chi connectivity index (χ3v) is 11.2. The standard InChI is InChI=1S/2C26H26N4/c2*1-29(2)24-14-10-21(11-15-24)26(23(18-27)19-28,20-8-6-5-7-9-20)22-12-16-25(17-13-22)30(3)4/h2*5-17,23H,1-4H3. The third-order valence-electron chi connectivity index (χ3n) is 11.2. The average Bonchev–Trinajstić information content (AvgIpc) is 3.28. The summed E-state index contributed by atoms with van der Waals surface area (Å²) in [5.41, 5.74) is 7.99. The molecule has 0 unspecified atom stereocenters. The first-order chi connectivity index (χ1) is 28.9. The zero-order valence-electron chi connectivity index (χ0n) is 35.7. The maximum absolute atomic E-state index is 10.0. The molecule has 300 valence electrons. The van der Waals surface area contributed by atoms with Gasteiger partial charge in [0.05, 0.1) is 35.1 Å². The Bertz CT molecular complexity index is 2150. The highest BCUT2D eigenvalue weighted by molar-refractivity contribution is 5.61. The van der Waals surface area contributed by atoms with E-state index in [-0.39, 0.29) is 0 Å². The molecule has 0 fully saturated rings. The van der Waals surface area contributed by atoms with Gasteiger partial charge >= 0.3 is 0 Å². The molecule has 6 aromatic rings. The molecule has 0 aliphatic rings. The van der Waals surface area contributed by atoms with Gasteiger partial charge in [-0.3, -0.25) is 0 Å². The van der Waals surface area contributed by atoms with E-state index in [9.17, 15) is 21.0 Å². The molecule has 0 N–H and O–H groups in total. The summed E-state index contributed by atoms with van der Waals surface area (Å²) in [4.78, 5) is 8.13. The number of anilines is 4. The van der Waals surface area contributed by atoms with Crippen LogP contribution in [0.5, 0.6) is 0 Å². The molecule has 8 heteroatoms. The number of rotatable bonds is 12. The van der Waals surface area contributed by atoms with Crippen LogP contribution in [0.4, 0.5) is 22.7 Å². The maximum atomic E-state index is 10.0. The van der Waals surface area contributed by atoms with Crippen molar-refractivity contribution in [3.63, 3.8) is 0 Å². The highest BCUT2D eigenvalue weighted by Crippen LogP contribution is 2.47. The lowest BCUT2D eigenvalue weighted by Crippen LogP contribution is -2.37. The van der Waals surface area contributed by atoms with Crippen LogP contribution in [0.1, 0.15) is 33.4 Å². The van der Waals surface area contributed by atoms with Crippen LogP contribution in [0, 0.1) is 57.2 Å². The number of nitrogens with zero attached hydrogens (tertiary/aromatic N) is 8. The van der Waals surface area contributed by atoms with Crippen LogP contribution < -0.4 is 19.6 Å². The highest BCUT2D eigenvalue weighted by Gasteiger charge is 2.46. The van der Waals surface area contributed by atoms with Crippen LogP contribution in [0.25, 0.3) is 0 Å². The van der Waals surface area contributed by atoms with Crippen molar-refractivity contribution in [1.82, 2.24) is 0 Å². The molecule has 0 spiro atoms. The second-order valence-electron chi connectivity index (χ2n) is 15.5. The van der Waals surface area contributed by atoms with Crippen molar-refractivity contribution >= 4 is 22.7 Å². The summed E-state index contributed by atoms with van der Waals surface area (Å²) in [5.74, 6) is -1.79. The van der Waals surface area contributed by atoms with Crippen molar-refractivity contribution in [2.45, 2.75) is 10.8 Å². The summed E-state index contributed by atoms with van der Waals surface area (Å²) < 4.78 is 0. The fourth-order valence-corrected chi connectivity index (χ4v) is 7.94. The minimum absolute atomic E-state index is 0.893. The number of benzene rings is 6. The second kappa shape index (κ2) is 19.3. The molecule has 0 saturated heterocycles. The van der Waals surface area contributed by atoms with Gasteiger partial charge in [0.1, 0.15) is 0 Å². The van der Waals surface area contributed by atoms with Crippen LogP contribution in [0.3, 0.4) is 0 Å². The molecular formula is C52H52N8. The minimum Gasteiger partial charge on any atom is -0.378 e. The van der Waals surface area contributed by atoms with Gasteiger partial charge < -0.3 is 19.6 Å². The van der Waals surface area contributed by atoms with E-state index in [2.05, 4.69) is 24.3 Å². The lowest BCUT2D eigenvalue weighted by atomic mass is 9.62. The van der Waals surface area contributed by atoms with Crippen LogP contribution in [-0.2, 0) is 10.8 Å². The first kappa shape index (κ1) is 43.6.